The first-order valence-electron chi connectivity index (χ1n) is 10.3. The maximum Gasteiger partial charge on any atom is 0.325 e. The fourth-order valence-electron chi connectivity index (χ4n) is 3.49. The van der Waals surface area contributed by atoms with Crippen LogP contribution in [-0.4, -0.2) is 46.3 Å². The van der Waals surface area contributed by atoms with Crippen LogP contribution in [-0.2, 0) is 20.9 Å². The van der Waals surface area contributed by atoms with Gasteiger partial charge < -0.3 is 14.0 Å². The van der Waals surface area contributed by atoms with Crippen molar-refractivity contribution < 1.29 is 28.2 Å². The van der Waals surface area contributed by atoms with Crippen LogP contribution in [0.5, 0.6) is 5.75 Å². The number of para-hydroxylation sites is 1. The van der Waals surface area contributed by atoms with Gasteiger partial charge in [-0.25, -0.2) is 4.39 Å². The molecule has 4 rings (SSSR count). The number of thioether (sulfide) groups is 1. The second-order valence-electron chi connectivity index (χ2n) is 7.17. The fourth-order valence-corrected chi connectivity index (χ4v) is 4.34. The van der Waals surface area contributed by atoms with E-state index in [0.29, 0.717) is 17.3 Å². The van der Waals surface area contributed by atoms with Crippen molar-refractivity contribution in [3.8, 4) is 5.75 Å². The lowest BCUT2D eigenvalue weighted by molar-refractivity contribution is -0.143. The van der Waals surface area contributed by atoms with Crippen molar-refractivity contribution in [2.75, 3.05) is 19.8 Å². The van der Waals surface area contributed by atoms with Gasteiger partial charge in [0.25, 0.3) is 11.1 Å². The number of fused-ring (bicyclic) bond motifs is 1. The Hall–Kier alpha value is -3.59. The summed E-state index contributed by atoms with van der Waals surface area (Å²) in [5.41, 5.74) is 1.55. The predicted molar refractivity (Wildman–Crippen MR) is 123 cm³/mol. The molecule has 0 bridgehead atoms. The standard InChI is InChI=1S/C24H21FN2O5S/c1-2-31-22(28)15-26-14-16(19-5-3-4-6-20(19)26)13-21-23(29)27(24(30)33-21)11-12-32-18-9-7-17(25)8-10-18/h3-10,13-14H,2,11-12,15H2,1H3/b21-13-. The first kappa shape index (κ1) is 22.6. The van der Waals surface area contributed by atoms with Crippen molar-refractivity contribution in [1.29, 1.82) is 0 Å². The van der Waals surface area contributed by atoms with Crippen molar-refractivity contribution in [3.05, 3.63) is 71.0 Å². The van der Waals surface area contributed by atoms with Crippen LogP contribution in [0.25, 0.3) is 17.0 Å². The zero-order chi connectivity index (χ0) is 23.4. The number of imide groups is 1. The molecule has 0 N–H and O–H groups in total. The summed E-state index contributed by atoms with van der Waals surface area (Å²) in [6.45, 7) is 2.25. The van der Waals surface area contributed by atoms with E-state index in [0.717, 1.165) is 33.1 Å². The quantitative estimate of drug-likeness (QED) is 0.359. The molecule has 2 amide bonds. The number of hydrogen-bond donors (Lipinski definition) is 0. The molecular formula is C24H21FN2O5S. The zero-order valence-corrected chi connectivity index (χ0v) is 18.6. The number of carbonyl (C=O) groups excluding carboxylic acids is 3. The van der Waals surface area contributed by atoms with Gasteiger partial charge in [0.1, 0.15) is 24.7 Å². The first-order chi connectivity index (χ1) is 16.0. The number of benzene rings is 2. The number of rotatable bonds is 8. The molecule has 9 heteroatoms. The minimum absolute atomic E-state index is 0.0460. The summed E-state index contributed by atoms with van der Waals surface area (Å²) in [5, 5.41) is 0.470. The Morgan fingerprint density at radius 3 is 2.64 bits per heavy atom. The van der Waals surface area contributed by atoms with E-state index in [4.69, 9.17) is 9.47 Å². The molecule has 0 saturated carbocycles. The molecule has 7 nitrogen and oxygen atoms in total. The minimum Gasteiger partial charge on any atom is -0.492 e. The largest absolute Gasteiger partial charge is 0.492 e. The first-order valence-corrected chi connectivity index (χ1v) is 11.1. The summed E-state index contributed by atoms with van der Waals surface area (Å²) in [7, 11) is 0. The molecule has 0 unspecified atom stereocenters. The van der Waals surface area contributed by atoms with Crippen LogP contribution in [0.3, 0.4) is 0 Å². The number of carbonyl (C=O) groups is 3. The summed E-state index contributed by atoms with van der Waals surface area (Å²) in [5.74, 6) is -0.684. The highest BCUT2D eigenvalue weighted by Crippen LogP contribution is 2.34. The SMILES string of the molecule is CCOC(=O)Cn1cc(/C=C2\SC(=O)N(CCOc3ccc(F)cc3)C2=O)c2ccccc21. The second kappa shape index (κ2) is 9.91. The van der Waals surface area contributed by atoms with E-state index in [1.54, 1.807) is 23.8 Å². The second-order valence-corrected chi connectivity index (χ2v) is 8.16. The maximum atomic E-state index is 13.0. The third-order valence-electron chi connectivity index (χ3n) is 4.98. The Balaban J connectivity index is 1.50. The molecule has 1 aliphatic rings. The third kappa shape index (κ3) is 5.09. The number of esters is 1. The van der Waals surface area contributed by atoms with Gasteiger partial charge in [0.15, 0.2) is 0 Å². The van der Waals surface area contributed by atoms with Crippen molar-refractivity contribution in [2.45, 2.75) is 13.5 Å². The lowest BCUT2D eigenvalue weighted by atomic mass is 10.1. The summed E-state index contributed by atoms with van der Waals surface area (Å²) in [4.78, 5) is 38.6. The van der Waals surface area contributed by atoms with E-state index in [9.17, 15) is 18.8 Å². The smallest absolute Gasteiger partial charge is 0.325 e. The molecule has 0 aliphatic carbocycles. The third-order valence-corrected chi connectivity index (χ3v) is 5.89. The van der Waals surface area contributed by atoms with Gasteiger partial charge in [-0.15, -0.1) is 0 Å². The van der Waals surface area contributed by atoms with Crippen LogP contribution < -0.4 is 4.74 Å². The highest BCUT2D eigenvalue weighted by molar-refractivity contribution is 8.18. The molecule has 0 atom stereocenters. The van der Waals surface area contributed by atoms with Crippen LogP contribution in [0.2, 0.25) is 0 Å². The van der Waals surface area contributed by atoms with Crippen molar-refractivity contribution in [3.63, 3.8) is 0 Å². The van der Waals surface area contributed by atoms with Gasteiger partial charge in [-0.2, -0.15) is 0 Å². The topological polar surface area (TPSA) is 77.8 Å². The number of aromatic nitrogens is 1. The Kier molecular flexibility index (Phi) is 6.79. The maximum absolute atomic E-state index is 13.0. The van der Waals surface area contributed by atoms with Crippen molar-refractivity contribution in [2.24, 2.45) is 0 Å². The number of amides is 2. The van der Waals surface area contributed by atoms with Crippen molar-refractivity contribution >= 4 is 45.9 Å². The summed E-state index contributed by atoms with van der Waals surface area (Å²) in [6.07, 6.45) is 3.43. The molecule has 0 spiro atoms. The number of ether oxygens (including phenoxy) is 2. The van der Waals surface area contributed by atoms with Gasteiger partial charge >= 0.3 is 5.97 Å². The van der Waals surface area contributed by atoms with E-state index < -0.39 is 5.91 Å². The summed E-state index contributed by atoms with van der Waals surface area (Å²) >= 11 is 0.857. The van der Waals surface area contributed by atoms with Gasteiger partial charge in [-0.1, -0.05) is 18.2 Å². The summed E-state index contributed by atoms with van der Waals surface area (Å²) < 4.78 is 25.3. The van der Waals surface area contributed by atoms with E-state index >= 15 is 0 Å². The van der Waals surface area contributed by atoms with E-state index in [2.05, 4.69) is 0 Å². The minimum atomic E-state index is -0.407. The van der Waals surface area contributed by atoms with Crippen LogP contribution in [0, 0.1) is 5.82 Å². The van der Waals surface area contributed by atoms with Gasteiger partial charge in [-0.3, -0.25) is 19.3 Å². The molecule has 1 fully saturated rings. The Bertz CT molecular complexity index is 1240. The average molecular weight is 469 g/mol. The molecule has 1 aromatic heterocycles. The average Bonchev–Trinajstić information content (AvgIpc) is 3.27. The lowest BCUT2D eigenvalue weighted by Gasteiger charge is -2.13. The molecule has 0 radical (unpaired) electrons. The molecule has 2 heterocycles. The van der Waals surface area contributed by atoms with E-state index in [1.165, 1.54) is 24.3 Å². The number of hydrogen-bond acceptors (Lipinski definition) is 6. The highest BCUT2D eigenvalue weighted by Gasteiger charge is 2.35. The molecule has 1 saturated heterocycles. The number of halogens is 1. The molecule has 2 aromatic carbocycles. The Morgan fingerprint density at radius 1 is 1.12 bits per heavy atom. The molecule has 170 valence electrons. The monoisotopic (exact) mass is 468 g/mol. The normalized spacial score (nSPS) is 15.0. The van der Waals surface area contributed by atoms with Crippen LogP contribution in [0.15, 0.2) is 59.6 Å². The molecule has 33 heavy (non-hydrogen) atoms. The number of nitrogens with zero attached hydrogens (tertiary/aromatic N) is 2. The van der Waals surface area contributed by atoms with Gasteiger partial charge in [0, 0.05) is 22.7 Å². The van der Waals surface area contributed by atoms with E-state index in [1.807, 2.05) is 24.3 Å². The summed E-state index contributed by atoms with van der Waals surface area (Å²) in [6, 6.07) is 13.0. The Labute approximate surface area is 193 Å². The molecule has 3 aromatic rings. The van der Waals surface area contributed by atoms with Gasteiger partial charge in [0.05, 0.1) is 18.1 Å². The van der Waals surface area contributed by atoms with Crippen molar-refractivity contribution in [1.82, 2.24) is 9.47 Å². The van der Waals surface area contributed by atoms with Crippen LogP contribution >= 0.6 is 11.8 Å². The zero-order valence-electron chi connectivity index (χ0n) is 17.8. The predicted octanol–water partition coefficient (Wildman–Crippen LogP) is 4.46. The lowest BCUT2D eigenvalue weighted by Crippen LogP contribution is -2.32. The molecular weight excluding hydrogens is 447 g/mol. The molecule has 1 aliphatic heterocycles. The van der Waals surface area contributed by atoms with Crippen LogP contribution in [0.4, 0.5) is 9.18 Å². The Morgan fingerprint density at radius 2 is 1.88 bits per heavy atom. The van der Waals surface area contributed by atoms with Gasteiger partial charge in [-0.05, 0) is 55.1 Å². The van der Waals surface area contributed by atoms with E-state index in [-0.39, 0.29) is 36.7 Å². The van der Waals surface area contributed by atoms with Gasteiger partial charge in [0.2, 0.25) is 0 Å². The van der Waals surface area contributed by atoms with Crippen LogP contribution in [0.1, 0.15) is 12.5 Å². The highest BCUT2D eigenvalue weighted by atomic mass is 32.2. The fraction of sp³-hybridized carbons (Fsp3) is 0.208.